The van der Waals surface area contributed by atoms with Gasteiger partial charge in [0.25, 0.3) is 5.91 Å². The normalized spacial score (nSPS) is 19.7. The molecule has 1 heterocycles. The monoisotopic (exact) mass is 662 g/mol. The van der Waals surface area contributed by atoms with Crippen LogP contribution in [0.15, 0.2) is 72.8 Å². The molecule has 0 radical (unpaired) electrons. The smallest absolute Gasteiger partial charge is 0.321 e. The number of benzene rings is 3. The van der Waals surface area contributed by atoms with Crippen LogP contribution in [0.25, 0.3) is 0 Å². The van der Waals surface area contributed by atoms with Gasteiger partial charge in [0.1, 0.15) is 11.6 Å². The maximum atomic E-state index is 14.3. The molecular weight excluding hydrogens is 615 g/mol. The van der Waals surface area contributed by atoms with Gasteiger partial charge in [-0.15, -0.1) is 0 Å². The first-order chi connectivity index (χ1) is 23.0. The van der Waals surface area contributed by atoms with Crippen molar-refractivity contribution in [2.45, 2.75) is 64.7 Å². The number of nitrogens with zero attached hydrogens (tertiary/aromatic N) is 2. The number of likely N-dealkylation sites (N-methyl/N-ethyl adjacent to an activating group) is 1. The standard InChI is InChI=1S/C37H47FN4O6/c1-25-22-42(26(2)24-43)36(45)32-21-31(39-35(44)20-28-11-6-5-7-12-28)17-18-33(32)48-27(3)10-8-9-19-47-34(25)23-41(4)37(46)40-30-15-13-29(38)14-16-30/h5-7,11-18,21,25-27,34,43H,8-10,19-20,22-24H2,1-4H3,(H,39,44)(H,40,46)/t25-,26-,27-,34-/m1/s1. The van der Waals surface area contributed by atoms with Gasteiger partial charge in [0, 0.05) is 44.0 Å². The third-order valence-corrected chi connectivity index (χ3v) is 8.44. The van der Waals surface area contributed by atoms with Crippen molar-refractivity contribution in [3.8, 4) is 5.75 Å². The summed E-state index contributed by atoms with van der Waals surface area (Å²) in [5.74, 6) is -0.817. The van der Waals surface area contributed by atoms with Gasteiger partial charge < -0.3 is 35.0 Å². The molecule has 3 aromatic carbocycles. The maximum Gasteiger partial charge on any atom is 0.321 e. The van der Waals surface area contributed by atoms with E-state index in [0.717, 1.165) is 24.8 Å². The lowest BCUT2D eigenvalue weighted by Crippen LogP contribution is -2.48. The topological polar surface area (TPSA) is 120 Å². The van der Waals surface area contributed by atoms with E-state index in [1.807, 2.05) is 44.2 Å². The Kier molecular flexibility index (Phi) is 13.3. The molecule has 0 saturated carbocycles. The number of anilines is 2. The van der Waals surface area contributed by atoms with E-state index in [4.69, 9.17) is 9.47 Å². The number of fused-ring (bicyclic) bond motifs is 1. The number of rotatable bonds is 8. The zero-order valence-electron chi connectivity index (χ0n) is 28.2. The summed E-state index contributed by atoms with van der Waals surface area (Å²) in [4.78, 5) is 43.3. The molecule has 3 N–H and O–H groups in total. The molecule has 10 nitrogen and oxygen atoms in total. The first-order valence-corrected chi connectivity index (χ1v) is 16.5. The highest BCUT2D eigenvalue weighted by Crippen LogP contribution is 2.29. The van der Waals surface area contributed by atoms with Crippen LogP contribution in [0.1, 0.15) is 56.0 Å². The quantitative estimate of drug-likeness (QED) is 0.274. The summed E-state index contributed by atoms with van der Waals surface area (Å²) in [5.41, 5.74) is 2.07. The van der Waals surface area contributed by atoms with Crippen molar-refractivity contribution < 1.29 is 33.4 Å². The Morgan fingerprint density at radius 2 is 1.73 bits per heavy atom. The minimum absolute atomic E-state index is 0.183. The third-order valence-electron chi connectivity index (χ3n) is 8.44. The van der Waals surface area contributed by atoms with E-state index < -0.39 is 18.0 Å². The predicted octanol–water partition coefficient (Wildman–Crippen LogP) is 5.97. The van der Waals surface area contributed by atoms with Gasteiger partial charge >= 0.3 is 6.03 Å². The van der Waals surface area contributed by atoms with Crippen LogP contribution in [0.5, 0.6) is 5.75 Å². The highest BCUT2D eigenvalue weighted by atomic mass is 19.1. The van der Waals surface area contributed by atoms with Gasteiger partial charge in [0.05, 0.1) is 36.8 Å². The largest absolute Gasteiger partial charge is 0.490 e. The maximum absolute atomic E-state index is 14.3. The lowest BCUT2D eigenvalue weighted by molar-refractivity contribution is -0.115. The second kappa shape index (κ2) is 17.6. The van der Waals surface area contributed by atoms with Crippen LogP contribution in [0, 0.1) is 11.7 Å². The van der Waals surface area contributed by atoms with E-state index in [9.17, 15) is 23.9 Å². The Hall–Kier alpha value is -4.48. The Bertz CT molecular complexity index is 1510. The number of halogens is 1. The highest BCUT2D eigenvalue weighted by molar-refractivity contribution is 6.00. The number of hydrogen-bond acceptors (Lipinski definition) is 6. The summed E-state index contributed by atoms with van der Waals surface area (Å²) in [5, 5.41) is 15.9. The van der Waals surface area contributed by atoms with Crippen LogP contribution >= 0.6 is 0 Å². The summed E-state index contributed by atoms with van der Waals surface area (Å²) < 4.78 is 26.0. The fourth-order valence-corrected chi connectivity index (χ4v) is 5.55. The fourth-order valence-electron chi connectivity index (χ4n) is 5.55. The summed E-state index contributed by atoms with van der Waals surface area (Å²) in [6.07, 6.45) is 1.88. The first-order valence-electron chi connectivity index (χ1n) is 16.5. The van der Waals surface area contributed by atoms with Crippen molar-refractivity contribution in [3.05, 3.63) is 89.7 Å². The van der Waals surface area contributed by atoms with E-state index in [1.165, 1.54) is 29.2 Å². The molecule has 1 aliphatic heterocycles. The van der Waals surface area contributed by atoms with Crippen molar-refractivity contribution in [2.24, 2.45) is 5.92 Å². The van der Waals surface area contributed by atoms with Crippen molar-refractivity contribution in [1.82, 2.24) is 9.80 Å². The van der Waals surface area contributed by atoms with Gasteiger partial charge in [-0.1, -0.05) is 37.3 Å². The number of carbonyl (C=O) groups is 3. The molecule has 3 aromatic rings. The Balaban J connectivity index is 1.57. The molecule has 0 spiro atoms. The minimum atomic E-state index is -0.547. The summed E-state index contributed by atoms with van der Waals surface area (Å²) in [7, 11) is 1.66. The van der Waals surface area contributed by atoms with Gasteiger partial charge in [-0.2, -0.15) is 0 Å². The Labute approximate surface area is 282 Å². The summed E-state index contributed by atoms with van der Waals surface area (Å²) in [6.45, 7) is 6.30. The number of carbonyl (C=O) groups excluding carboxylic acids is 3. The van der Waals surface area contributed by atoms with Crippen LogP contribution in [-0.2, 0) is 16.0 Å². The Morgan fingerprint density at radius 3 is 2.44 bits per heavy atom. The zero-order chi connectivity index (χ0) is 34.6. The van der Waals surface area contributed by atoms with Gasteiger partial charge in [0.15, 0.2) is 0 Å². The van der Waals surface area contributed by atoms with E-state index in [-0.39, 0.29) is 61.5 Å². The van der Waals surface area contributed by atoms with Crippen molar-refractivity contribution in [3.63, 3.8) is 0 Å². The lowest BCUT2D eigenvalue weighted by Gasteiger charge is -2.35. The average Bonchev–Trinajstić information content (AvgIpc) is 3.07. The SMILES string of the molecule is C[C@@H]1CCCCO[C@H](CN(C)C(=O)Nc2ccc(F)cc2)[C@H](C)CN([C@H](C)CO)C(=O)c2cc(NC(=O)Cc3ccccc3)ccc2O1. The summed E-state index contributed by atoms with van der Waals surface area (Å²) >= 11 is 0. The molecule has 0 fully saturated rings. The molecule has 4 rings (SSSR count). The molecule has 0 unspecified atom stereocenters. The van der Waals surface area contributed by atoms with Crippen LogP contribution < -0.4 is 15.4 Å². The van der Waals surface area contributed by atoms with E-state index in [0.29, 0.717) is 23.7 Å². The molecule has 4 amide bonds. The molecular formula is C37H47FN4O6. The van der Waals surface area contributed by atoms with Gasteiger partial charge in [-0.05, 0) is 81.1 Å². The van der Waals surface area contributed by atoms with Gasteiger partial charge in [0.2, 0.25) is 5.91 Å². The molecule has 0 aliphatic carbocycles. The Morgan fingerprint density at radius 1 is 1.02 bits per heavy atom. The van der Waals surface area contributed by atoms with Crippen molar-refractivity contribution in [2.75, 3.05) is 44.0 Å². The van der Waals surface area contributed by atoms with Crippen molar-refractivity contribution in [1.29, 1.82) is 0 Å². The number of amides is 4. The molecule has 258 valence electrons. The highest BCUT2D eigenvalue weighted by Gasteiger charge is 2.31. The third kappa shape index (κ3) is 10.5. The number of aliphatic hydroxyl groups is 1. The molecule has 0 bridgehead atoms. The first kappa shape index (κ1) is 36.4. The van der Waals surface area contributed by atoms with E-state index in [1.54, 1.807) is 37.1 Å². The minimum Gasteiger partial charge on any atom is -0.490 e. The molecule has 0 saturated heterocycles. The molecule has 48 heavy (non-hydrogen) atoms. The number of hydrogen-bond donors (Lipinski definition) is 3. The van der Waals surface area contributed by atoms with E-state index >= 15 is 0 Å². The van der Waals surface area contributed by atoms with Crippen LogP contribution in [0.3, 0.4) is 0 Å². The number of nitrogens with one attached hydrogen (secondary N) is 2. The number of urea groups is 1. The summed E-state index contributed by atoms with van der Waals surface area (Å²) in [6, 6.07) is 19.1. The van der Waals surface area contributed by atoms with Gasteiger partial charge in [-0.3, -0.25) is 9.59 Å². The molecule has 1 aliphatic rings. The van der Waals surface area contributed by atoms with E-state index in [2.05, 4.69) is 10.6 Å². The molecule has 0 aromatic heterocycles. The average molecular weight is 663 g/mol. The molecule has 4 atom stereocenters. The zero-order valence-corrected chi connectivity index (χ0v) is 28.2. The second-order valence-electron chi connectivity index (χ2n) is 12.5. The van der Waals surface area contributed by atoms with Crippen molar-refractivity contribution >= 4 is 29.2 Å². The van der Waals surface area contributed by atoms with Crippen LogP contribution in [-0.4, -0.2) is 84.4 Å². The van der Waals surface area contributed by atoms with Crippen LogP contribution in [0.2, 0.25) is 0 Å². The second-order valence-corrected chi connectivity index (χ2v) is 12.5. The number of ether oxygens (including phenoxy) is 2. The molecule has 11 heteroatoms. The lowest BCUT2D eigenvalue weighted by atomic mass is 10.0. The predicted molar refractivity (Wildman–Crippen MR) is 184 cm³/mol. The van der Waals surface area contributed by atoms with Gasteiger partial charge in [-0.25, -0.2) is 9.18 Å². The fraction of sp³-hybridized carbons (Fsp3) is 0.432. The van der Waals surface area contributed by atoms with Crippen LogP contribution in [0.4, 0.5) is 20.6 Å². The number of aliphatic hydroxyl groups excluding tert-OH is 1.